The highest BCUT2D eigenvalue weighted by atomic mass is 16.5. The van der Waals surface area contributed by atoms with Crippen molar-refractivity contribution in [3.63, 3.8) is 0 Å². The minimum absolute atomic E-state index is 0.400. The molecule has 2 heteroatoms. The molecule has 1 aromatic rings. The van der Waals surface area contributed by atoms with Gasteiger partial charge in [-0.3, -0.25) is 0 Å². The predicted molar refractivity (Wildman–Crippen MR) is 73.3 cm³/mol. The fraction of sp³-hybridized carbons (Fsp3) is 0.600. The second-order valence-corrected chi connectivity index (χ2v) is 4.32. The van der Waals surface area contributed by atoms with Crippen molar-refractivity contribution in [1.29, 1.82) is 0 Å². The summed E-state index contributed by atoms with van der Waals surface area (Å²) in [6, 6.07) is 9.35. The summed E-state index contributed by atoms with van der Waals surface area (Å²) >= 11 is 0. The van der Waals surface area contributed by atoms with E-state index in [4.69, 9.17) is 4.74 Å². The Morgan fingerprint density at radius 3 is 2.41 bits per heavy atom. The maximum absolute atomic E-state index is 5.41. The van der Waals surface area contributed by atoms with Crippen molar-refractivity contribution in [2.24, 2.45) is 0 Å². The lowest BCUT2D eigenvalue weighted by molar-refractivity contribution is 0.137. The van der Waals surface area contributed by atoms with E-state index in [1.165, 1.54) is 24.0 Å². The zero-order valence-electron chi connectivity index (χ0n) is 11.3. The fourth-order valence-electron chi connectivity index (χ4n) is 2.03. The molecule has 17 heavy (non-hydrogen) atoms. The number of aryl methyl sites for hydroxylation is 1. The Balaban J connectivity index is 2.55. The first-order chi connectivity index (χ1) is 8.31. The van der Waals surface area contributed by atoms with Crippen molar-refractivity contribution >= 4 is 0 Å². The van der Waals surface area contributed by atoms with E-state index in [-0.39, 0.29) is 0 Å². The monoisotopic (exact) mass is 235 g/mol. The molecule has 1 N–H and O–H groups in total. The molecule has 0 saturated carbocycles. The van der Waals surface area contributed by atoms with Crippen molar-refractivity contribution in [3.05, 3.63) is 35.4 Å². The third-order valence-electron chi connectivity index (χ3n) is 3.02. The van der Waals surface area contributed by atoms with Crippen molar-refractivity contribution in [3.8, 4) is 0 Å². The molecule has 0 bridgehead atoms. The first-order valence-corrected chi connectivity index (χ1v) is 6.65. The molecule has 0 amide bonds. The number of hydrogen-bond donors (Lipinski definition) is 1. The van der Waals surface area contributed by atoms with Crippen molar-refractivity contribution in [2.75, 3.05) is 20.3 Å². The van der Waals surface area contributed by atoms with Gasteiger partial charge in [0, 0.05) is 19.3 Å². The summed E-state index contributed by atoms with van der Waals surface area (Å²) in [5.41, 5.74) is 2.78. The summed E-state index contributed by atoms with van der Waals surface area (Å²) in [6.07, 6.45) is 3.40. The average Bonchev–Trinajstić information content (AvgIpc) is 2.36. The molecular weight excluding hydrogens is 210 g/mol. The fourth-order valence-corrected chi connectivity index (χ4v) is 2.03. The second kappa shape index (κ2) is 8.26. The molecule has 0 aliphatic rings. The highest BCUT2D eigenvalue weighted by Crippen LogP contribution is 2.17. The lowest BCUT2D eigenvalue weighted by Crippen LogP contribution is -2.18. The number of benzene rings is 1. The molecule has 0 spiro atoms. The van der Waals surface area contributed by atoms with Crippen LogP contribution >= 0.6 is 0 Å². The maximum Gasteiger partial charge on any atom is 0.0484 e. The van der Waals surface area contributed by atoms with E-state index in [0.29, 0.717) is 6.04 Å². The Morgan fingerprint density at radius 1 is 1.18 bits per heavy atom. The zero-order valence-corrected chi connectivity index (χ0v) is 11.3. The molecule has 0 aliphatic heterocycles. The smallest absolute Gasteiger partial charge is 0.0484 e. The van der Waals surface area contributed by atoms with Crippen molar-refractivity contribution < 1.29 is 4.74 Å². The van der Waals surface area contributed by atoms with Gasteiger partial charge in [0.25, 0.3) is 0 Å². The van der Waals surface area contributed by atoms with Gasteiger partial charge in [0.05, 0.1) is 0 Å². The van der Waals surface area contributed by atoms with E-state index in [0.717, 1.165) is 19.6 Å². The summed E-state index contributed by atoms with van der Waals surface area (Å²) in [7, 11) is 2.01. The Bertz CT molecular complexity index is 294. The van der Waals surface area contributed by atoms with Gasteiger partial charge in [0.15, 0.2) is 0 Å². The minimum Gasteiger partial charge on any atom is -0.382 e. The van der Waals surface area contributed by atoms with Crippen LogP contribution in [0.5, 0.6) is 0 Å². The van der Waals surface area contributed by atoms with E-state index in [9.17, 15) is 0 Å². The minimum atomic E-state index is 0.400. The molecule has 2 nitrogen and oxygen atoms in total. The van der Waals surface area contributed by atoms with E-state index in [1.807, 2.05) is 14.0 Å². The van der Waals surface area contributed by atoms with Crippen LogP contribution < -0.4 is 5.32 Å². The first kappa shape index (κ1) is 14.2. The molecule has 96 valence electrons. The van der Waals surface area contributed by atoms with Crippen molar-refractivity contribution in [2.45, 2.75) is 39.2 Å². The zero-order chi connectivity index (χ0) is 12.5. The van der Waals surface area contributed by atoms with Gasteiger partial charge in [-0.15, -0.1) is 0 Å². The summed E-state index contributed by atoms with van der Waals surface area (Å²) in [5, 5.41) is 3.35. The van der Waals surface area contributed by atoms with Crippen LogP contribution in [0, 0.1) is 0 Å². The Hall–Kier alpha value is -0.860. The molecular formula is C15H25NO. The molecule has 1 unspecified atom stereocenters. The molecule has 0 heterocycles. The molecule has 1 atom stereocenters. The standard InChI is InChI=1S/C15H25NO/c1-4-6-13-7-9-14(10-8-13)15(16-3)11-12-17-5-2/h7-10,15-16H,4-6,11-12H2,1-3H3. The van der Waals surface area contributed by atoms with Crippen LogP contribution in [0.2, 0.25) is 0 Å². The highest BCUT2D eigenvalue weighted by molar-refractivity contribution is 5.25. The molecule has 0 aromatic heterocycles. The van der Waals surface area contributed by atoms with Gasteiger partial charge in [-0.1, -0.05) is 37.6 Å². The summed E-state index contributed by atoms with van der Waals surface area (Å²) in [6.45, 7) is 5.87. The van der Waals surface area contributed by atoms with Gasteiger partial charge in [0.2, 0.25) is 0 Å². The number of rotatable bonds is 8. The molecule has 1 rings (SSSR count). The highest BCUT2D eigenvalue weighted by Gasteiger charge is 2.08. The summed E-state index contributed by atoms with van der Waals surface area (Å²) < 4.78 is 5.41. The van der Waals surface area contributed by atoms with Gasteiger partial charge >= 0.3 is 0 Å². The second-order valence-electron chi connectivity index (χ2n) is 4.32. The van der Waals surface area contributed by atoms with Crippen LogP contribution in [-0.2, 0) is 11.2 Å². The van der Waals surface area contributed by atoms with Crippen molar-refractivity contribution in [1.82, 2.24) is 5.32 Å². The quantitative estimate of drug-likeness (QED) is 0.698. The molecule has 0 radical (unpaired) electrons. The molecule has 0 aliphatic carbocycles. The Labute approximate surface area is 105 Å². The third-order valence-corrected chi connectivity index (χ3v) is 3.02. The van der Waals surface area contributed by atoms with E-state index < -0.39 is 0 Å². The van der Waals surface area contributed by atoms with Gasteiger partial charge < -0.3 is 10.1 Å². The molecule has 1 aromatic carbocycles. The molecule has 0 fully saturated rings. The van der Waals surface area contributed by atoms with E-state index >= 15 is 0 Å². The lowest BCUT2D eigenvalue weighted by atomic mass is 10.0. The number of hydrogen-bond acceptors (Lipinski definition) is 2. The number of ether oxygens (including phenoxy) is 1. The van der Waals surface area contributed by atoms with Gasteiger partial charge in [-0.2, -0.15) is 0 Å². The van der Waals surface area contributed by atoms with Crippen LogP contribution in [0.3, 0.4) is 0 Å². The maximum atomic E-state index is 5.41. The lowest BCUT2D eigenvalue weighted by Gasteiger charge is -2.17. The Morgan fingerprint density at radius 2 is 1.88 bits per heavy atom. The van der Waals surface area contributed by atoms with Crippen LogP contribution in [0.4, 0.5) is 0 Å². The topological polar surface area (TPSA) is 21.3 Å². The van der Waals surface area contributed by atoms with E-state index in [2.05, 4.69) is 36.5 Å². The largest absolute Gasteiger partial charge is 0.382 e. The normalized spacial score (nSPS) is 12.6. The van der Waals surface area contributed by atoms with Gasteiger partial charge in [-0.25, -0.2) is 0 Å². The summed E-state index contributed by atoms with van der Waals surface area (Å²) in [4.78, 5) is 0. The van der Waals surface area contributed by atoms with Crippen LogP contribution in [-0.4, -0.2) is 20.3 Å². The third kappa shape index (κ3) is 4.88. The predicted octanol–water partition coefficient (Wildman–Crippen LogP) is 3.33. The first-order valence-electron chi connectivity index (χ1n) is 6.65. The van der Waals surface area contributed by atoms with E-state index in [1.54, 1.807) is 0 Å². The SMILES string of the molecule is CCCc1ccc(C(CCOCC)NC)cc1. The summed E-state index contributed by atoms with van der Waals surface area (Å²) in [5.74, 6) is 0. The van der Waals surface area contributed by atoms with Gasteiger partial charge in [0.1, 0.15) is 0 Å². The van der Waals surface area contributed by atoms with Gasteiger partial charge in [-0.05, 0) is 37.9 Å². The van der Waals surface area contributed by atoms with Crippen LogP contribution in [0.25, 0.3) is 0 Å². The average molecular weight is 235 g/mol. The van der Waals surface area contributed by atoms with Crippen LogP contribution in [0.15, 0.2) is 24.3 Å². The Kier molecular flexibility index (Phi) is 6.90. The van der Waals surface area contributed by atoms with Crippen LogP contribution in [0.1, 0.15) is 43.9 Å². The molecule has 0 saturated heterocycles. The number of nitrogens with one attached hydrogen (secondary N) is 1.